The molecule has 1 rings (SSSR count). The Labute approximate surface area is 106 Å². The van der Waals surface area contributed by atoms with Crippen LogP contribution in [0.25, 0.3) is 0 Å². The minimum Gasteiger partial charge on any atom is -0.358 e. The fraction of sp³-hybridized carbons (Fsp3) is 0.929. The van der Waals surface area contributed by atoms with Gasteiger partial charge >= 0.3 is 0 Å². The number of amides is 1. The van der Waals surface area contributed by atoms with Crippen LogP contribution in [-0.2, 0) is 4.79 Å². The van der Waals surface area contributed by atoms with Crippen LogP contribution in [0.2, 0.25) is 0 Å². The maximum Gasteiger partial charge on any atom is 0.237 e. The third-order valence-electron chi connectivity index (χ3n) is 3.94. The summed E-state index contributed by atoms with van der Waals surface area (Å²) in [5.74, 6) is 0.746. The first-order valence-electron chi connectivity index (χ1n) is 6.55. The fourth-order valence-corrected chi connectivity index (χ4v) is 2.62. The van der Waals surface area contributed by atoms with E-state index in [2.05, 4.69) is 51.8 Å². The zero-order valence-electron chi connectivity index (χ0n) is 12.4. The average molecular weight is 240 g/mol. The number of carbonyl (C=O) groups is 1. The van der Waals surface area contributed by atoms with Crippen molar-refractivity contribution in [2.24, 2.45) is 11.3 Å². The highest BCUT2D eigenvalue weighted by molar-refractivity contribution is 5.81. The fourth-order valence-electron chi connectivity index (χ4n) is 2.62. The average Bonchev–Trinajstić information content (AvgIpc) is 2.59. The molecule has 1 unspecified atom stereocenters. The summed E-state index contributed by atoms with van der Waals surface area (Å²) in [5, 5.41) is 2.80. The highest BCUT2D eigenvalue weighted by Gasteiger charge is 2.44. The molecule has 0 saturated carbocycles. The summed E-state index contributed by atoms with van der Waals surface area (Å²) in [6.07, 6.45) is 0.973. The van der Waals surface area contributed by atoms with Gasteiger partial charge in [-0.25, -0.2) is 0 Å². The molecule has 3 nitrogen and oxygen atoms in total. The highest BCUT2D eigenvalue weighted by Crippen LogP contribution is 2.39. The second-order valence-electron chi connectivity index (χ2n) is 7.25. The van der Waals surface area contributed by atoms with Crippen LogP contribution >= 0.6 is 0 Å². The molecule has 1 heterocycles. The van der Waals surface area contributed by atoms with Crippen LogP contribution in [-0.4, -0.2) is 36.0 Å². The Bertz CT molecular complexity index is 286. The monoisotopic (exact) mass is 240 g/mol. The van der Waals surface area contributed by atoms with Crippen LogP contribution in [0.3, 0.4) is 0 Å². The number of nitrogens with one attached hydrogen (secondary N) is 1. The molecule has 0 radical (unpaired) electrons. The third kappa shape index (κ3) is 3.21. The van der Waals surface area contributed by atoms with E-state index >= 15 is 0 Å². The molecule has 1 N–H and O–H groups in total. The van der Waals surface area contributed by atoms with E-state index in [1.165, 1.54) is 0 Å². The predicted octanol–water partition coefficient (Wildman–Crippen LogP) is 2.27. The molecular formula is C14H28N2O. The van der Waals surface area contributed by atoms with Crippen LogP contribution < -0.4 is 5.32 Å². The molecular weight excluding hydrogens is 212 g/mol. The van der Waals surface area contributed by atoms with Crippen LogP contribution in [0.5, 0.6) is 0 Å². The van der Waals surface area contributed by atoms with Crippen LogP contribution in [0.4, 0.5) is 0 Å². The Morgan fingerprint density at radius 1 is 1.18 bits per heavy atom. The van der Waals surface area contributed by atoms with E-state index in [-0.39, 0.29) is 22.9 Å². The second kappa shape index (κ2) is 4.60. The Morgan fingerprint density at radius 3 is 2.06 bits per heavy atom. The van der Waals surface area contributed by atoms with Gasteiger partial charge in [0, 0.05) is 19.1 Å². The van der Waals surface area contributed by atoms with Crippen LogP contribution in [0, 0.1) is 11.3 Å². The minimum atomic E-state index is 0.0317. The van der Waals surface area contributed by atoms with Gasteiger partial charge in [-0.2, -0.15) is 0 Å². The second-order valence-corrected chi connectivity index (χ2v) is 7.25. The normalized spacial score (nSPS) is 27.2. The number of carbonyl (C=O) groups excluding carboxylic acids is 1. The molecule has 0 bridgehead atoms. The van der Waals surface area contributed by atoms with Gasteiger partial charge in [-0.1, -0.05) is 20.8 Å². The van der Waals surface area contributed by atoms with Gasteiger partial charge in [0.05, 0.1) is 6.04 Å². The molecule has 1 aliphatic heterocycles. The van der Waals surface area contributed by atoms with E-state index in [9.17, 15) is 4.79 Å². The van der Waals surface area contributed by atoms with E-state index in [1.54, 1.807) is 7.05 Å². The van der Waals surface area contributed by atoms with Gasteiger partial charge in [0.2, 0.25) is 5.91 Å². The van der Waals surface area contributed by atoms with Crippen molar-refractivity contribution < 1.29 is 4.79 Å². The van der Waals surface area contributed by atoms with Crippen molar-refractivity contribution >= 4 is 5.91 Å². The van der Waals surface area contributed by atoms with E-state index in [4.69, 9.17) is 0 Å². The quantitative estimate of drug-likeness (QED) is 0.762. The zero-order chi connectivity index (χ0) is 13.4. The van der Waals surface area contributed by atoms with E-state index in [1.807, 2.05) is 0 Å². The number of likely N-dealkylation sites (N-methyl/N-ethyl adjacent to an activating group) is 1. The molecule has 100 valence electrons. The van der Waals surface area contributed by atoms with Gasteiger partial charge in [-0.3, -0.25) is 9.69 Å². The van der Waals surface area contributed by atoms with Crippen molar-refractivity contribution in [1.29, 1.82) is 0 Å². The summed E-state index contributed by atoms with van der Waals surface area (Å²) in [7, 11) is 1.73. The minimum absolute atomic E-state index is 0.0317. The topological polar surface area (TPSA) is 32.3 Å². The number of hydrogen-bond acceptors (Lipinski definition) is 2. The van der Waals surface area contributed by atoms with Crippen molar-refractivity contribution in [3.05, 3.63) is 0 Å². The molecule has 1 amide bonds. The molecule has 2 atom stereocenters. The summed E-state index contributed by atoms with van der Waals surface area (Å²) in [4.78, 5) is 14.3. The molecule has 1 fully saturated rings. The molecule has 0 aromatic carbocycles. The summed E-state index contributed by atoms with van der Waals surface area (Å²) in [6, 6.07) is 0.0317. The summed E-state index contributed by atoms with van der Waals surface area (Å²) >= 11 is 0. The predicted molar refractivity (Wildman–Crippen MR) is 71.9 cm³/mol. The van der Waals surface area contributed by atoms with Crippen molar-refractivity contribution in [3.8, 4) is 0 Å². The largest absolute Gasteiger partial charge is 0.358 e. The number of hydrogen-bond donors (Lipinski definition) is 1. The Kier molecular flexibility index (Phi) is 3.92. The van der Waals surface area contributed by atoms with Crippen molar-refractivity contribution in [2.75, 3.05) is 13.6 Å². The van der Waals surface area contributed by atoms with Crippen molar-refractivity contribution in [1.82, 2.24) is 10.2 Å². The lowest BCUT2D eigenvalue weighted by atomic mass is 9.79. The number of nitrogens with zero attached hydrogens (tertiary/aromatic N) is 1. The van der Waals surface area contributed by atoms with Gasteiger partial charge in [-0.15, -0.1) is 0 Å². The highest BCUT2D eigenvalue weighted by atomic mass is 16.2. The summed E-state index contributed by atoms with van der Waals surface area (Å²) in [5.41, 5.74) is 0.323. The molecule has 17 heavy (non-hydrogen) atoms. The number of rotatable bonds is 1. The summed E-state index contributed by atoms with van der Waals surface area (Å²) in [6.45, 7) is 14.4. The maximum absolute atomic E-state index is 12.0. The first-order chi connectivity index (χ1) is 7.57. The van der Waals surface area contributed by atoms with Gasteiger partial charge < -0.3 is 5.32 Å². The lowest BCUT2D eigenvalue weighted by molar-refractivity contribution is -0.126. The SMILES string of the molecule is CNC(=O)[C@@H]1CC(C(C)(C)C)CN1C(C)(C)C. The third-order valence-corrected chi connectivity index (χ3v) is 3.94. The van der Waals surface area contributed by atoms with Gasteiger partial charge in [0.25, 0.3) is 0 Å². The zero-order valence-corrected chi connectivity index (χ0v) is 12.4. The Hall–Kier alpha value is -0.570. The smallest absolute Gasteiger partial charge is 0.237 e. The van der Waals surface area contributed by atoms with E-state index in [0.717, 1.165) is 13.0 Å². The Balaban J connectivity index is 2.91. The van der Waals surface area contributed by atoms with Crippen LogP contribution in [0.15, 0.2) is 0 Å². The van der Waals surface area contributed by atoms with Crippen molar-refractivity contribution in [3.63, 3.8) is 0 Å². The molecule has 1 saturated heterocycles. The van der Waals surface area contributed by atoms with Crippen molar-refractivity contribution in [2.45, 2.75) is 59.5 Å². The molecule has 0 spiro atoms. The maximum atomic E-state index is 12.0. The molecule has 0 aromatic rings. The molecule has 3 heteroatoms. The Morgan fingerprint density at radius 2 is 1.71 bits per heavy atom. The summed E-state index contributed by atoms with van der Waals surface area (Å²) < 4.78 is 0. The van der Waals surface area contributed by atoms with Gasteiger partial charge in [0.15, 0.2) is 0 Å². The van der Waals surface area contributed by atoms with Gasteiger partial charge in [0.1, 0.15) is 0 Å². The van der Waals surface area contributed by atoms with Crippen LogP contribution in [0.1, 0.15) is 48.0 Å². The number of likely N-dealkylation sites (tertiary alicyclic amines) is 1. The standard InChI is InChI=1S/C14H28N2O/c1-13(2,3)10-8-11(12(17)15-7)16(9-10)14(4,5)6/h10-11H,8-9H2,1-7H3,(H,15,17)/t10?,11-/m0/s1. The van der Waals surface area contributed by atoms with E-state index in [0.29, 0.717) is 5.92 Å². The van der Waals surface area contributed by atoms with E-state index < -0.39 is 0 Å². The first kappa shape index (κ1) is 14.5. The van der Waals surface area contributed by atoms with Gasteiger partial charge in [-0.05, 0) is 38.5 Å². The lowest BCUT2D eigenvalue weighted by Gasteiger charge is -2.36. The first-order valence-corrected chi connectivity index (χ1v) is 6.55. The lowest BCUT2D eigenvalue weighted by Crippen LogP contribution is -2.50. The molecule has 0 aromatic heterocycles. The molecule has 1 aliphatic rings. The molecule has 0 aliphatic carbocycles.